The smallest absolute Gasteiger partial charge is 0.270 e. The van der Waals surface area contributed by atoms with E-state index in [9.17, 15) is 0 Å². The molecule has 0 spiro atoms. The molecule has 0 amide bonds. The Morgan fingerprint density at radius 1 is 1.05 bits per heavy atom. The van der Waals surface area contributed by atoms with Crippen LogP contribution >= 0.6 is 22.7 Å². The van der Waals surface area contributed by atoms with E-state index in [1.807, 2.05) is 10.9 Å². The summed E-state index contributed by atoms with van der Waals surface area (Å²) in [6, 6.07) is 0. The monoisotopic (exact) mass is 320 g/mol. The van der Waals surface area contributed by atoms with Gasteiger partial charge in [0.2, 0.25) is 5.82 Å². The van der Waals surface area contributed by atoms with Crippen LogP contribution in [-0.4, -0.2) is 20.1 Å². The van der Waals surface area contributed by atoms with Gasteiger partial charge in [-0.25, -0.2) is 9.97 Å². The third-order valence-electron chi connectivity index (χ3n) is 3.01. The Labute approximate surface area is 131 Å². The first-order chi connectivity index (χ1) is 10.1. The fraction of sp³-hybridized carbons (Fsp3) is 0.429. The van der Waals surface area contributed by atoms with Gasteiger partial charge >= 0.3 is 0 Å². The van der Waals surface area contributed by atoms with Crippen LogP contribution in [0.1, 0.15) is 50.2 Å². The summed E-state index contributed by atoms with van der Waals surface area (Å²) in [5.41, 5.74) is 3.58. The van der Waals surface area contributed by atoms with Crippen molar-refractivity contribution in [3.8, 4) is 22.3 Å². The van der Waals surface area contributed by atoms with Gasteiger partial charge in [-0.2, -0.15) is 4.98 Å². The molecule has 3 aromatic heterocycles. The Morgan fingerprint density at radius 2 is 1.86 bits per heavy atom. The number of nitrogens with zero attached hydrogens (tertiary/aromatic N) is 4. The van der Waals surface area contributed by atoms with Gasteiger partial charge in [0.25, 0.3) is 5.89 Å². The lowest BCUT2D eigenvalue weighted by molar-refractivity contribution is 0.432. The van der Waals surface area contributed by atoms with E-state index < -0.39 is 0 Å². The Bertz CT molecular complexity index is 742. The van der Waals surface area contributed by atoms with E-state index in [0.29, 0.717) is 23.6 Å². The van der Waals surface area contributed by atoms with Crippen molar-refractivity contribution < 1.29 is 4.52 Å². The van der Waals surface area contributed by atoms with Gasteiger partial charge in [0.1, 0.15) is 10.6 Å². The summed E-state index contributed by atoms with van der Waals surface area (Å²) in [5, 5.41) is 7.11. The van der Waals surface area contributed by atoms with E-state index in [2.05, 4.69) is 47.8 Å². The maximum atomic E-state index is 5.40. The summed E-state index contributed by atoms with van der Waals surface area (Å²) < 4.78 is 5.40. The lowest BCUT2D eigenvalue weighted by Crippen LogP contribution is -1.90. The van der Waals surface area contributed by atoms with Gasteiger partial charge in [0.05, 0.1) is 16.2 Å². The topological polar surface area (TPSA) is 64.7 Å². The first kappa shape index (κ1) is 14.3. The second-order valence-corrected chi connectivity index (χ2v) is 7.11. The summed E-state index contributed by atoms with van der Waals surface area (Å²) in [5.74, 6) is 1.80. The van der Waals surface area contributed by atoms with Crippen molar-refractivity contribution >= 4 is 22.7 Å². The molecule has 7 heteroatoms. The lowest BCUT2D eigenvalue weighted by atomic mass is 10.1. The molecule has 0 N–H and O–H groups in total. The number of hydrogen-bond donors (Lipinski definition) is 0. The molecule has 0 aromatic carbocycles. The summed E-state index contributed by atoms with van der Waals surface area (Å²) >= 11 is 3.15. The van der Waals surface area contributed by atoms with Crippen molar-refractivity contribution in [1.29, 1.82) is 0 Å². The Hall–Kier alpha value is -1.60. The van der Waals surface area contributed by atoms with Crippen molar-refractivity contribution in [2.45, 2.75) is 39.5 Å². The molecule has 21 heavy (non-hydrogen) atoms. The zero-order valence-corrected chi connectivity index (χ0v) is 14.0. The molecule has 5 nitrogen and oxygen atoms in total. The molecule has 0 atom stereocenters. The average Bonchev–Trinajstić information content (AvgIpc) is 3.17. The summed E-state index contributed by atoms with van der Waals surface area (Å²) in [4.78, 5) is 14.4. The fourth-order valence-corrected chi connectivity index (χ4v) is 3.58. The summed E-state index contributed by atoms with van der Waals surface area (Å²) in [6.45, 7) is 8.45. The molecule has 0 fully saturated rings. The summed E-state index contributed by atoms with van der Waals surface area (Å²) in [7, 11) is 0. The van der Waals surface area contributed by atoms with E-state index in [0.717, 1.165) is 21.3 Å². The highest BCUT2D eigenvalue weighted by Gasteiger charge is 2.19. The van der Waals surface area contributed by atoms with Crippen molar-refractivity contribution in [2.24, 2.45) is 0 Å². The molecule has 110 valence electrons. The van der Waals surface area contributed by atoms with Crippen LogP contribution in [-0.2, 0) is 0 Å². The Kier molecular flexibility index (Phi) is 3.86. The second kappa shape index (κ2) is 5.65. The maximum absolute atomic E-state index is 5.40. The van der Waals surface area contributed by atoms with Crippen LogP contribution in [0, 0.1) is 0 Å². The molecule has 0 saturated heterocycles. The van der Waals surface area contributed by atoms with Crippen molar-refractivity contribution in [3.05, 3.63) is 21.6 Å². The van der Waals surface area contributed by atoms with Crippen LogP contribution in [0.25, 0.3) is 22.3 Å². The van der Waals surface area contributed by atoms with Gasteiger partial charge in [0.15, 0.2) is 0 Å². The van der Waals surface area contributed by atoms with E-state index >= 15 is 0 Å². The molecule has 0 unspecified atom stereocenters. The molecule has 0 aliphatic carbocycles. The van der Waals surface area contributed by atoms with Crippen LogP contribution in [0.15, 0.2) is 15.4 Å². The van der Waals surface area contributed by atoms with Gasteiger partial charge < -0.3 is 4.52 Å². The molecule has 3 rings (SSSR count). The quantitative estimate of drug-likeness (QED) is 0.705. The van der Waals surface area contributed by atoms with E-state index in [-0.39, 0.29) is 0 Å². The molecule has 0 aliphatic rings. The highest BCUT2D eigenvalue weighted by molar-refractivity contribution is 7.13. The highest BCUT2D eigenvalue weighted by atomic mass is 32.1. The minimum atomic E-state index is 0.327. The van der Waals surface area contributed by atoms with Gasteiger partial charge in [-0.05, 0) is 5.92 Å². The number of thiazole rings is 2. The Balaban J connectivity index is 1.94. The summed E-state index contributed by atoms with van der Waals surface area (Å²) in [6.07, 6.45) is 0. The third-order valence-corrected chi connectivity index (χ3v) is 4.98. The first-order valence-electron chi connectivity index (χ1n) is 6.79. The normalized spacial score (nSPS) is 11.7. The van der Waals surface area contributed by atoms with Crippen molar-refractivity contribution in [2.75, 3.05) is 0 Å². The minimum absolute atomic E-state index is 0.327. The van der Waals surface area contributed by atoms with Crippen molar-refractivity contribution in [3.63, 3.8) is 0 Å². The molecule has 0 radical (unpaired) electrons. The van der Waals surface area contributed by atoms with Crippen LogP contribution in [0.3, 0.4) is 0 Å². The van der Waals surface area contributed by atoms with Crippen LogP contribution < -0.4 is 0 Å². The second-order valence-electron chi connectivity index (χ2n) is 5.37. The largest absolute Gasteiger partial charge is 0.333 e. The minimum Gasteiger partial charge on any atom is -0.333 e. The van der Waals surface area contributed by atoms with Gasteiger partial charge in [-0.1, -0.05) is 32.9 Å². The molecule has 0 saturated carbocycles. The molecular formula is C14H16N4OS2. The lowest BCUT2D eigenvalue weighted by Gasteiger charge is -2.00. The van der Waals surface area contributed by atoms with Crippen molar-refractivity contribution in [1.82, 2.24) is 20.1 Å². The van der Waals surface area contributed by atoms with Gasteiger partial charge in [0, 0.05) is 11.3 Å². The zero-order chi connectivity index (χ0) is 15.0. The number of aromatic nitrogens is 4. The SMILES string of the molecule is CC(C)c1nc(-c2noc(-c3scnc3C(C)C)n2)cs1. The zero-order valence-electron chi connectivity index (χ0n) is 12.3. The van der Waals surface area contributed by atoms with E-state index in [4.69, 9.17) is 4.52 Å². The maximum Gasteiger partial charge on any atom is 0.270 e. The molecule has 3 aromatic rings. The fourth-order valence-electron chi connectivity index (χ4n) is 1.90. The van der Waals surface area contributed by atoms with E-state index in [1.165, 1.54) is 11.3 Å². The van der Waals surface area contributed by atoms with Gasteiger partial charge in [-0.3, -0.25) is 0 Å². The van der Waals surface area contributed by atoms with Gasteiger partial charge in [-0.15, -0.1) is 22.7 Å². The number of rotatable bonds is 4. The third kappa shape index (κ3) is 2.75. The first-order valence-corrected chi connectivity index (χ1v) is 8.55. The van der Waals surface area contributed by atoms with Crippen LogP contribution in [0.5, 0.6) is 0 Å². The number of hydrogen-bond acceptors (Lipinski definition) is 7. The Morgan fingerprint density at radius 3 is 2.52 bits per heavy atom. The predicted molar refractivity (Wildman–Crippen MR) is 84.7 cm³/mol. The standard InChI is InChI=1S/C14H16N4OS2/c1-7(2)10-11(21-6-15-10)13-17-12(18-19-13)9-5-20-14(16-9)8(3)4/h5-8H,1-4H3. The predicted octanol–water partition coefficient (Wildman–Crippen LogP) is 4.56. The highest BCUT2D eigenvalue weighted by Crippen LogP contribution is 2.32. The molecule has 3 heterocycles. The average molecular weight is 320 g/mol. The van der Waals surface area contributed by atoms with Crippen LogP contribution in [0.2, 0.25) is 0 Å². The van der Waals surface area contributed by atoms with Crippen LogP contribution in [0.4, 0.5) is 0 Å². The molecule has 0 aliphatic heterocycles. The molecular weight excluding hydrogens is 304 g/mol. The van der Waals surface area contributed by atoms with E-state index in [1.54, 1.807) is 11.3 Å². The molecule has 0 bridgehead atoms.